The van der Waals surface area contributed by atoms with Crippen molar-refractivity contribution in [2.75, 3.05) is 6.54 Å². The topological polar surface area (TPSA) is 50.9 Å². The summed E-state index contributed by atoms with van der Waals surface area (Å²) in [6.45, 7) is 2.79. The van der Waals surface area contributed by atoms with E-state index in [-0.39, 0.29) is 0 Å². The van der Waals surface area contributed by atoms with E-state index in [1.54, 1.807) is 11.3 Å². The molecule has 0 radical (unpaired) electrons. The second kappa shape index (κ2) is 3.65. The molecule has 0 aliphatic heterocycles. The maximum absolute atomic E-state index is 5.11. The Morgan fingerprint density at radius 2 is 2.60 bits per heavy atom. The largest absolute Gasteiger partial charge is 0.271 e. The third-order valence-corrected chi connectivity index (χ3v) is 2.18. The summed E-state index contributed by atoms with van der Waals surface area (Å²) in [5, 5.41) is 3.20. The number of rotatable bonds is 3. The van der Waals surface area contributed by atoms with Crippen molar-refractivity contribution in [3.63, 3.8) is 0 Å². The van der Waals surface area contributed by atoms with Crippen molar-refractivity contribution >= 4 is 11.3 Å². The van der Waals surface area contributed by atoms with Gasteiger partial charge in [-0.3, -0.25) is 11.3 Å². The minimum atomic E-state index is 0.799. The summed E-state index contributed by atoms with van der Waals surface area (Å²) in [5.41, 5.74) is 3.69. The van der Waals surface area contributed by atoms with Crippen LogP contribution in [0.4, 0.5) is 0 Å². The van der Waals surface area contributed by atoms with Gasteiger partial charge < -0.3 is 0 Å². The predicted octanol–water partition coefficient (Wildman–Crippen LogP) is 0.457. The number of aryl methyl sites for hydroxylation is 1. The molecule has 1 aromatic heterocycles. The van der Waals surface area contributed by atoms with E-state index >= 15 is 0 Å². The summed E-state index contributed by atoms with van der Waals surface area (Å²) in [6.07, 6.45) is 0.926. The first-order valence-corrected chi connectivity index (χ1v) is 4.05. The standard InChI is InChI=1S/C6H11N3S/c1-5-4-10-6(9-5)2-3-8-7/h4,8H,2-3,7H2,1H3. The number of hydrazine groups is 1. The van der Waals surface area contributed by atoms with Crippen LogP contribution in [0.2, 0.25) is 0 Å². The fourth-order valence-electron chi connectivity index (χ4n) is 0.697. The van der Waals surface area contributed by atoms with Crippen molar-refractivity contribution in [3.8, 4) is 0 Å². The van der Waals surface area contributed by atoms with Gasteiger partial charge >= 0.3 is 0 Å². The van der Waals surface area contributed by atoms with Gasteiger partial charge in [0.1, 0.15) is 0 Å². The molecule has 56 valence electrons. The predicted molar refractivity (Wildman–Crippen MR) is 42.7 cm³/mol. The Kier molecular flexibility index (Phi) is 2.80. The monoisotopic (exact) mass is 157 g/mol. The van der Waals surface area contributed by atoms with Crippen LogP contribution in [-0.4, -0.2) is 11.5 Å². The molecule has 0 amide bonds. The van der Waals surface area contributed by atoms with Gasteiger partial charge in [-0.2, -0.15) is 0 Å². The van der Waals surface area contributed by atoms with Crippen molar-refractivity contribution in [1.82, 2.24) is 10.4 Å². The lowest BCUT2D eigenvalue weighted by atomic mass is 10.4. The average molecular weight is 157 g/mol. The summed E-state index contributed by atoms with van der Waals surface area (Å²) in [5.74, 6) is 5.11. The molecule has 1 heterocycles. The van der Waals surface area contributed by atoms with Crippen molar-refractivity contribution in [3.05, 3.63) is 16.1 Å². The number of nitrogens with zero attached hydrogens (tertiary/aromatic N) is 1. The number of hydrogen-bond acceptors (Lipinski definition) is 4. The highest BCUT2D eigenvalue weighted by Gasteiger charge is 1.95. The quantitative estimate of drug-likeness (QED) is 0.495. The maximum Gasteiger partial charge on any atom is 0.0941 e. The molecule has 0 atom stereocenters. The van der Waals surface area contributed by atoms with E-state index in [0.717, 1.165) is 23.7 Å². The molecule has 1 rings (SSSR count). The zero-order valence-corrected chi connectivity index (χ0v) is 6.74. The second-order valence-corrected chi connectivity index (χ2v) is 3.03. The zero-order valence-electron chi connectivity index (χ0n) is 5.92. The number of nitrogens with one attached hydrogen (secondary N) is 1. The first-order chi connectivity index (χ1) is 4.83. The van der Waals surface area contributed by atoms with Gasteiger partial charge in [-0.1, -0.05) is 0 Å². The molecule has 3 N–H and O–H groups in total. The molecule has 4 heteroatoms. The van der Waals surface area contributed by atoms with Gasteiger partial charge in [-0.15, -0.1) is 11.3 Å². The molecule has 3 nitrogen and oxygen atoms in total. The SMILES string of the molecule is Cc1csc(CCNN)n1. The Bertz CT molecular complexity index is 197. The summed E-state index contributed by atoms with van der Waals surface area (Å²) < 4.78 is 0. The van der Waals surface area contributed by atoms with Crippen LogP contribution in [0, 0.1) is 6.92 Å². The summed E-state index contributed by atoms with van der Waals surface area (Å²) in [7, 11) is 0. The van der Waals surface area contributed by atoms with E-state index in [0.29, 0.717) is 0 Å². The Hall–Kier alpha value is -0.450. The minimum absolute atomic E-state index is 0.799. The molecule has 0 unspecified atom stereocenters. The van der Waals surface area contributed by atoms with E-state index in [2.05, 4.69) is 10.4 Å². The van der Waals surface area contributed by atoms with Crippen LogP contribution >= 0.6 is 11.3 Å². The first-order valence-electron chi connectivity index (χ1n) is 3.17. The number of aromatic nitrogens is 1. The third kappa shape index (κ3) is 2.06. The van der Waals surface area contributed by atoms with Crippen LogP contribution < -0.4 is 11.3 Å². The van der Waals surface area contributed by atoms with Gasteiger partial charge in [-0.05, 0) is 6.92 Å². The molecule has 0 bridgehead atoms. The van der Waals surface area contributed by atoms with Gasteiger partial charge in [0.15, 0.2) is 0 Å². The van der Waals surface area contributed by atoms with Crippen LogP contribution in [0.5, 0.6) is 0 Å². The molecular formula is C6H11N3S. The Morgan fingerprint density at radius 1 is 1.80 bits per heavy atom. The van der Waals surface area contributed by atoms with Crippen molar-refractivity contribution in [1.29, 1.82) is 0 Å². The molecule has 0 aliphatic rings. The Labute approximate surface area is 64.2 Å². The minimum Gasteiger partial charge on any atom is -0.271 e. The van der Waals surface area contributed by atoms with Crippen LogP contribution in [-0.2, 0) is 6.42 Å². The molecule has 10 heavy (non-hydrogen) atoms. The lowest BCUT2D eigenvalue weighted by Crippen LogP contribution is -2.24. The smallest absolute Gasteiger partial charge is 0.0941 e. The molecule has 0 saturated heterocycles. The van der Waals surface area contributed by atoms with Crippen molar-refractivity contribution in [2.45, 2.75) is 13.3 Å². The highest BCUT2D eigenvalue weighted by atomic mass is 32.1. The van der Waals surface area contributed by atoms with Crippen LogP contribution in [0.1, 0.15) is 10.7 Å². The molecular weight excluding hydrogens is 146 g/mol. The average Bonchev–Trinajstić information content (AvgIpc) is 2.31. The normalized spacial score (nSPS) is 10.2. The zero-order chi connectivity index (χ0) is 7.40. The summed E-state index contributed by atoms with van der Waals surface area (Å²) >= 11 is 1.68. The highest BCUT2D eigenvalue weighted by Crippen LogP contribution is 2.07. The molecule has 0 aliphatic carbocycles. The van der Waals surface area contributed by atoms with Crippen LogP contribution in [0.3, 0.4) is 0 Å². The highest BCUT2D eigenvalue weighted by molar-refractivity contribution is 7.09. The van der Waals surface area contributed by atoms with Gasteiger partial charge in [0.2, 0.25) is 0 Å². The number of thiazole rings is 1. The molecule has 1 aromatic rings. The summed E-state index contributed by atoms with van der Waals surface area (Å²) in [4.78, 5) is 4.27. The molecule has 0 aromatic carbocycles. The Morgan fingerprint density at radius 3 is 3.10 bits per heavy atom. The lowest BCUT2D eigenvalue weighted by Gasteiger charge is -1.92. The van der Waals surface area contributed by atoms with E-state index < -0.39 is 0 Å². The lowest BCUT2D eigenvalue weighted by molar-refractivity contribution is 0.725. The van der Waals surface area contributed by atoms with Crippen LogP contribution in [0.15, 0.2) is 5.38 Å². The van der Waals surface area contributed by atoms with E-state index in [4.69, 9.17) is 5.84 Å². The van der Waals surface area contributed by atoms with Gasteiger partial charge in [-0.25, -0.2) is 4.98 Å². The fourth-order valence-corrected chi connectivity index (χ4v) is 1.47. The van der Waals surface area contributed by atoms with Gasteiger partial charge in [0.05, 0.1) is 5.01 Å². The van der Waals surface area contributed by atoms with Gasteiger partial charge in [0, 0.05) is 24.0 Å². The van der Waals surface area contributed by atoms with Gasteiger partial charge in [0.25, 0.3) is 0 Å². The number of nitrogens with two attached hydrogens (primary N) is 1. The molecule has 0 spiro atoms. The summed E-state index contributed by atoms with van der Waals surface area (Å²) in [6, 6.07) is 0. The number of hydrogen-bond donors (Lipinski definition) is 2. The van der Waals surface area contributed by atoms with Crippen molar-refractivity contribution in [2.24, 2.45) is 5.84 Å². The molecule has 0 fully saturated rings. The maximum atomic E-state index is 5.11. The van der Waals surface area contributed by atoms with E-state index in [1.807, 2.05) is 12.3 Å². The van der Waals surface area contributed by atoms with E-state index in [9.17, 15) is 0 Å². The first kappa shape index (κ1) is 7.65. The Balaban J connectivity index is 2.42. The third-order valence-electron chi connectivity index (χ3n) is 1.15. The van der Waals surface area contributed by atoms with Crippen molar-refractivity contribution < 1.29 is 0 Å². The van der Waals surface area contributed by atoms with Crippen LogP contribution in [0.25, 0.3) is 0 Å². The van der Waals surface area contributed by atoms with E-state index in [1.165, 1.54) is 0 Å². The fraction of sp³-hybridized carbons (Fsp3) is 0.500. The molecule has 0 saturated carbocycles. The second-order valence-electron chi connectivity index (χ2n) is 2.09.